The van der Waals surface area contributed by atoms with Crippen LogP contribution in [0, 0.1) is 0 Å². The molecule has 3 aromatic rings. The van der Waals surface area contributed by atoms with Crippen LogP contribution in [0.2, 0.25) is 0 Å². The van der Waals surface area contributed by atoms with Gasteiger partial charge >= 0.3 is 0 Å². The minimum atomic E-state index is -1.06. The summed E-state index contributed by atoms with van der Waals surface area (Å²) in [5.74, 6) is 0.725. The monoisotopic (exact) mass is 490 g/mol. The van der Waals surface area contributed by atoms with Crippen LogP contribution in [-0.4, -0.2) is 82.0 Å². The zero-order valence-electron chi connectivity index (χ0n) is 21.4. The van der Waals surface area contributed by atoms with Crippen molar-refractivity contribution in [2.45, 2.75) is 38.8 Å². The first-order valence-electron chi connectivity index (χ1n) is 12.6. The van der Waals surface area contributed by atoms with Gasteiger partial charge in [0.15, 0.2) is 0 Å². The van der Waals surface area contributed by atoms with Gasteiger partial charge in [0.2, 0.25) is 11.8 Å². The van der Waals surface area contributed by atoms with Crippen molar-refractivity contribution in [3.8, 4) is 11.5 Å². The average Bonchev–Trinajstić information content (AvgIpc) is 3.23. The van der Waals surface area contributed by atoms with Gasteiger partial charge in [-0.25, -0.2) is 0 Å². The quantitative estimate of drug-likeness (QED) is 0.531. The molecule has 8 nitrogen and oxygen atoms in total. The molecule has 5 rings (SSSR count). The molecule has 2 unspecified atom stereocenters. The Balaban J connectivity index is 1.64. The average molecular weight is 491 g/mol. The first kappa shape index (κ1) is 24.2. The lowest BCUT2D eigenvalue weighted by atomic mass is 9.78. The summed E-state index contributed by atoms with van der Waals surface area (Å²) in [6.45, 7) is 9.18. The molecule has 0 spiro atoms. The molecule has 2 amide bonds. The fourth-order valence-corrected chi connectivity index (χ4v) is 5.88. The van der Waals surface area contributed by atoms with Crippen molar-refractivity contribution in [3.63, 3.8) is 0 Å². The molecule has 2 N–H and O–H groups in total. The van der Waals surface area contributed by atoms with Gasteiger partial charge < -0.3 is 29.5 Å². The number of methoxy groups -OCH3 is 1. The van der Waals surface area contributed by atoms with E-state index < -0.39 is 11.6 Å². The lowest BCUT2D eigenvalue weighted by molar-refractivity contribution is -0.167. The number of aromatic hydroxyl groups is 1. The topological polar surface area (TPSA) is 89.1 Å². The number of fused-ring (bicyclic) bond motifs is 4. The maximum absolute atomic E-state index is 14.1. The molecule has 0 saturated carbocycles. The first-order valence-corrected chi connectivity index (χ1v) is 12.6. The molecule has 3 heterocycles. The number of H-pyrrole nitrogens is 1. The molecule has 36 heavy (non-hydrogen) atoms. The Hall–Kier alpha value is -3.52. The number of piperazine rings is 1. The van der Waals surface area contributed by atoms with Crippen LogP contribution >= 0.6 is 0 Å². The highest BCUT2D eigenvalue weighted by atomic mass is 16.5. The van der Waals surface area contributed by atoms with E-state index in [0.29, 0.717) is 13.0 Å². The second-order valence-corrected chi connectivity index (χ2v) is 9.89. The number of rotatable bonds is 7. The van der Waals surface area contributed by atoms with Crippen molar-refractivity contribution < 1.29 is 19.4 Å². The Morgan fingerprint density at radius 2 is 1.94 bits per heavy atom. The Labute approximate surface area is 211 Å². The van der Waals surface area contributed by atoms with E-state index in [2.05, 4.69) is 23.7 Å². The van der Waals surface area contributed by atoms with Crippen molar-refractivity contribution in [2.75, 3.05) is 39.8 Å². The molecule has 0 radical (unpaired) electrons. The Morgan fingerprint density at radius 1 is 1.17 bits per heavy atom. The second kappa shape index (κ2) is 9.17. The molecule has 0 bridgehead atoms. The van der Waals surface area contributed by atoms with E-state index in [1.165, 1.54) is 0 Å². The van der Waals surface area contributed by atoms with Gasteiger partial charge in [0, 0.05) is 36.1 Å². The van der Waals surface area contributed by atoms with Crippen LogP contribution in [0.1, 0.15) is 43.6 Å². The zero-order chi connectivity index (χ0) is 25.6. The maximum Gasteiger partial charge on any atom is 0.249 e. The molecular formula is C28H34N4O4. The van der Waals surface area contributed by atoms with Crippen LogP contribution in [0.15, 0.2) is 42.5 Å². The lowest BCUT2D eigenvalue weighted by Crippen LogP contribution is -2.70. The van der Waals surface area contributed by atoms with E-state index in [4.69, 9.17) is 4.74 Å². The number of likely N-dealkylation sites (N-methyl/N-ethyl adjacent to an activating group) is 1. The largest absolute Gasteiger partial charge is 0.508 e. The molecule has 8 heteroatoms. The van der Waals surface area contributed by atoms with E-state index >= 15 is 0 Å². The number of hydrogen-bond acceptors (Lipinski definition) is 5. The van der Waals surface area contributed by atoms with Crippen LogP contribution in [0.5, 0.6) is 11.5 Å². The van der Waals surface area contributed by atoms with Gasteiger partial charge in [-0.15, -0.1) is 0 Å². The van der Waals surface area contributed by atoms with Crippen LogP contribution in [-0.2, 0) is 16.0 Å². The predicted octanol–water partition coefficient (Wildman–Crippen LogP) is 3.30. The number of phenolic OH excluding ortho intramolecular Hbond substituents is 1. The zero-order valence-corrected chi connectivity index (χ0v) is 21.4. The fourth-order valence-electron chi connectivity index (χ4n) is 5.88. The van der Waals surface area contributed by atoms with E-state index in [9.17, 15) is 14.7 Å². The van der Waals surface area contributed by atoms with Crippen molar-refractivity contribution in [2.24, 2.45) is 0 Å². The van der Waals surface area contributed by atoms with Crippen LogP contribution < -0.4 is 4.74 Å². The highest BCUT2D eigenvalue weighted by Gasteiger charge is 2.56. The SMILES string of the molecule is CCN(CC)CCN1CC(=O)N2C(c3cccc(O)c3)c3[nH]c4ccc(OC)cc4c3CC2(C)C1=O. The molecule has 1 fully saturated rings. The maximum atomic E-state index is 14.1. The van der Waals surface area contributed by atoms with Crippen LogP contribution in [0.25, 0.3) is 10.9 Å². The Bertz CT molecular complexity index is 1310. The number of aromatic amines is 1. The summed E-state index contributed by atoms with van der Waals surface area (Å²) in [5, 5.41) is 11.3. The van der Waals surface area contributed by atoms with Gasteiger partial charge in [0.1, 0.15) is 17.0 Å². The molecule has 0 aliphatic carbocycles. The minimum Gasteiger partial charge on any atom is -0.508 e. The summed E-state index contributed by atoms with van der Waals surface area (Å²) in [6, 6.07) is 12.3. The molecular weight excluding hydrogens is 456 g/mol. The predicted molar refractivity (Wildman–Crippen MR) is 138 cm³/mol. The van der Waals surface area contributed by atoms with Crippen molar-refractivity contribution in [1.82, 2.24) is 19.7 Å². The summed E-state index contributed by atoms with van der Waals surface area (Å²) in [5.41, 5.74) is 2.51. The van der Waals surface area contributed by atoms with E-state index in [0.717, 1.165) is 53.1 Å². The number of hydrogen-bond donors (Lipinski definition) is 2. The van der Waals surface area contributed by atoms with Crippen molar-refractivity contribution >= 4 is 22.7 Å². The van der Waals surface area contributed by atoms with Crippen LogP contribution in [0.4, 0.5) is 0 Å². The van der Waals surface area contributed by atoms with Gasteiger partial charge in [-0.3, -0.25) is 9.59 Å². The summed E-state index contributed by atoms with van der Waals surface area (Å²) >= 11 is 0. The fraction of sp³-hybridized carbons (Fsp3) is 0.429. The molecule has 190 valence electrons. The summed E-state index contributed by atoms with van der Waals surface area (Å²) in [4.78, 5) is 37.1. The number of benzene rings is 2. The third-order valence-corrected chi connectivity index (χ3v) is 7.84. The molecule has 2 atom stereocenters. The van der Waals surface area contributed by atoms with Gasteiger partial charge in [0.05, 0.1) is 19.7 Å². The van der Waals surface area contributed by atoms with Crippen molar-refractivity contribution in [1.29, 1.82) is 0 Å². The number of nitrogens with zero attached hydrogens (tertiary/aromatic N) is 3. The Kier molecular flexibility index (Phi) is 6.16. The summed E-state index contributed by atoms with van der Waals surface area (Å²) in [7, 11) is 1.63. The molecule has 2 aliphatic rings. The number of nitrogens with one attached hydrogen (secondary N) is 1. The van der Waals surface area contributed by atoms with E-state index in [1.54, 1.807) is 35.1 Å². The molecule has 1 saturated heterocycles. The smallest absolute Gasteiger partial charge is 0.249 e. The lowest BCUT2D eigenvalue weighted by Gasteiger charge is -2.53. The third-order valence-electron chi connectivity index (χ3n) is 7.84. The van der Waals surface area contributed by atoms with Gasteiger partial charge in [-0.05, 0) is 61.5 Å². The van der Waals surface area contributed by atoms with Gasteiger partial charge in [-0.1, -0.05) is 26.0 Å². The number of amides is 2. The summed E-state index contributed by atoms with van der Waals surface area (Å²) < 4.78 is 5.48. The van der Waals surface area contributed by atoms with E-state index in [1.807, 2.05) is 31.2 Å². The number of aromatic nitrogens is 1. The normalized spacial score (nSPS) is 21.8. The van der Waals surface area contributed by atoms with Gasteiger partial charge in [-0.2, -0.15) is 0 Å². The van der Waals surface area contributed by atoms with Gasteiger partial charge in [0.25, 0.3) is 0 Å². The van der Waals surface area contributed by atoms with Crippen LogP contribution in [0.3, 0.4) is 0 Å². The second-order valence-electron chi connectivity index (χ2n) is 9.89. The number of carbonyl (C=O) groups is 2. The molecule has 2 aliphatic heterocycles. The minimum absolute atomic E-state index is 0.0395. The van der Waals surface area contributed by atoms with Crippen molar-refractivity contribution in [3.05, 3.63) is 59.3 Å². The first-order chi connectivity index (χ1) is 17.3. The number of ether oxygens (including phenoxy) is 1. The molecule has 2 aromatic carbocycles. The highest BCUT2D eigenvalue weighted by Crippen LogP contribution is 2.47. The standard InChI is InChI=1S/C28H34N4O4/c1-5-30(6-2)12-13-31-17-24(34)32-26(18-8-7-9-19(33)14-18)25-22(16-28(32,3)27(31)35)21-15-20(36-4)10-11-23(21)29-25/h7-11,14-15,26,29,33H,5-6,12-13,16-17H2,1-4H3. The highest BCUT2D eigenvalue weighted by molar-refractivity contribution is 6.00. The molecule has 1 aromatic heterocycles. The Morgan fingerprint density at radius 3 is 2.64 bits per heavy atom. The number of carbonyl (C=O) groups excluding carboxylic acids is 2. The third kappa shape index (κ3) is 3.80. The van der Waals surface area contributed by atoms with E-state index in [-0.39, 0.29) is 24.1 Å². The number of phenols is 1. The summed E-state index contributed by atoms with van der Waals surface area (Å²) in [6.07, 6.45) is 0.400.